The summed E-state index contributed by atoms with van der Waals surface area (Å²) in [4.78, 5) is 11.0. The molecule has 5 rings (SSSR count). The summed E-state index contributed by atoms with van der Waals surface area (Å²) in [5, 5.41) is 8.10. The number of ether oxygens (including phenoxy) is 1. The fraction of sp³-hybridized carbons (Fsp3) is 0.542. The first kappa shape index (κ1) is 22.2. The van der Waals surface area contributed by atoms with Crippen LogP contribution in [0.25, 0.3) is 22.4 Å². The van der Waals surface area contributed by atoms with Crippen molar-refractivity contribution < 1.29 is 18.0 Å². The van der Waals surface area contributed by atoms with E-state index in [2.05, 4.69) is 20.4 Å². The van der Waals surface area contributed by atoms with E-state index < -0.39 is 12.0 Å². The normalized spacial score (nSPS) is 22.3. The van der Waals surface area contributed by atoms with Crippen LogP contribution in [0.4, 0.5) is 14.6 Å². The Morgan fingerprint density at radius 3 is 2.58 bits per heavy atom. The minimum atomic E-state index is -1.08. The van der Waals surface area contributed by atoms with E-state index in [1.165, 1.54) is 6.07 Å². The van der Waals surface area contributed by atoms with Gasteiger partial charge < -0.3 is 19.5 Å². The van der Waals surface area contributed by atoms with Gasteiger partial charge >= 0.3 is 0 Å². The summed E-state index contributed by atoms with van der Waals surface area (Å²) in [7, 11) is 0. The molecule has 176 valence electrons. The molecule has 2 aromatic heterocycles. The minimum absolute atomic E-state index is 0.159. The van der Waals surface area contributed by atoms with Gasteiger partial charge in [-0.3, -0.25) is 0 Å². The van der Waals surface area contributed by atoms with Gasteiger partial charge in [0, 0.05) is 37.2 Å². The van der Waals surface area contributed by atoms with Crippen molar-refractivity contribution in [3.05, 3.63) is 34.9 Å². The number of anilines is 1. The summed E-state index contributed by atoms with van der Waals surface area (Å²) in [5.74, 6) is 0.900. The van der Waals surface area contributed by atoms with E-state index in [1.54, 1.807) is 6.92 Å². The average Bonchev–Trinajstić information content (AvgIpc) is 3.22. The van der Waals surface area contributed by atoms with Crippen LogP contribution in [0.3, 0.4) is 0 Å². The van der Waals surface area contributed by atoms with Crippen LogP contribution in [0.15, 0.2) is 16.7 Å². The molecule has 2 atom stereocenters. The third-order valence-corrected chi connectivity index (χ3v) is 6.68. The van der Waals surface area contributed by atoms with Gasteiger partial charge in [-0.15, -0.1) is 0 Å². The van der Waals surface area contributed by atoms with Gasteiger partial charge in [0.15, 0.2) is 5.82 Å². The Kier molecular flexibility index (Phi) is 6.01. The number of aromatic nitrogens is 3. The van der Waals surface area contributed by atoms with Crippen LogP contribution in [0, 0.1) is 26.6 Å². The van der Waals surface area contributed by atoms with E-state index >= 15 is 4.39 Å². The summed E-state index contributed by atoms with van der Waals surface area (Å²) in [6.45, 7) is 7.66. The molecule has 3 aromatic rings. The maximum Gasteiger partial charge on any atom is 0.261 e. The average molecular weight is 458 g/mol. The Labute approximate surface area is 191 Å². The van der Waals surface area contributed by atoms with Gasteiger partial charge in [-0.1, -0.05) is 5.16 Å². The van der Waals surface area contributed by atoms with Crippen molar-refractivity contribution in [2.75, 3.05) is 31.2 Å². The number of hydrogen-bond donors (Lipinski definition) is 1. The second-order valence-electron chi connectivity index (χ2n) is 9.14. The number of aryl methyl sites for hydroxylation is 3. The zero-order valence-electron chi connectivity index (χ0n) is 19.2. The summed E-state index contributed by atoms with van der Waals surface area (Å²) >= 11 is 0. The lowest BCUT2D eigenvalue weighted by Crippen LogP contribution is -2.54. The molecule has 0 saturated carbocycles. The van der Waals surface area contributed by atoms with E-state index in [9.17, 15) is 4.39 Å². The third-order valence-electron chi connectivity index (χ3n) is 6.68. The maximum absolute atomic E-state index is 15.3. The summed E-state index contributed by atoms with van der Waals surface area (Å²) in [6, 6.07) is 3.43. The molecular weight excluding hydrogens is 428 g/mol. The SMILES string of the molecule is Cc1cc(F)c2nc(N3CC[C@@H](NC4CCOCC4)[C@@H](F)C3)c(-c3nc(C)no3)c(C)c2c1. The van der Waals surface area contributed by atoms with Crippen molar-refractivity contribution in [1.29, 1.82) is 0 Å². The fourth-order valence-electron chi connectivity index (χ4n) is 4.93. The number of halogens is 2. The maximum atomic E-state index is 15.3. The van der Waals surface area contributed by atoms with E-state index in [0.717, 1.165) is 24.0 Å². The molecule has 0 aliphatic carbocycles. The second kappa shape index (κ2) is 8.95. The lowest BCUT2D eigenvalue weighted by molar-refractivity contribution is 0.0684. The highest BCUT2D eigenvalue weighted by molar-refractivity contribution is 5.93. The Morgan fingerprint density at radius 2 is 1.88 bits per heavy atom. The van der Waals surface area contributed by atoms with Gasteiger partial charge in [0.1, 0.15) is 23.3 Å². The van der Waals surface area contributed by atoms with Crippen molar-refractivity contribution in [3.8, 4) is 11.5 Å². The Balaban J connectivity index is 1.50. The number of piperidine rings is 1. The van der Waals surface area contributed by atoms with Crippen molar-refractivity contribution in [2.45, 2.75) is 58.3 Å². The monoisotopic (exact) mass is 457 g/mol. The Morgan fingerprint density at radius 1 is 1.09 bits per heavy atom. The predicted octanol–water partition coefficient (Wildman–Crippen LogP) is 4.03. The molecular formula is C24H29F2N5O2. The predicted molar refractivity (Wildman–Crippen MR) is 122 cm³/mol. The van der Waals surface area contributed by atoms with Crippen LogP contribution in [0.5, 0.6) is 0 Å². The smallest absolute Gasteiger partial charge is 0.261 e. The molecule has 7 nitrogen and oxygen atoms in total. The number of fused-ring (bicyclic) bond motifs is 1. The van der Waals surface area contributed by atoms with Crippen molar-refractivity contribution in [2.24, 2.45) is 0 Å². The van der Waals surface area contributed by atoms with Crippen LogP contribution >= 0.6 is 0 Å². The zero-order chi connectivity index (χ0) is 23.1. The van der Waals surface area contributed by atoms with Crippen molar-refractivity contribution in [3.63, 3.8) is 0 Å². The lowest BCUT2D eigenvalue weighted by atomic mass is 9.97. The van der Waals surface area contributed by atoms with Gasteiger partial charge in [0.2, 0.25) is 0 Å². The molecule has 1 N–H and O–H groups in total. The van der Waals surface area contributed by atoms with Gasteiger partial charge in [-0.2, -0.15) is 4.98 Å². The van der Waals surface area contributed by atoms with E-state index in [0.29, 0.717) is 54.7 Å². The molecule has 1 aromatic carbocycles. The van der Waals surface area contributed by atoms with Crippen LogP contribution in [0.1, 0.15) is 36.2 Å². The lowest BCUT2D eigenvalue weighted by Gasteiger charge is -2.39. The van der Waals surface area contributed by atoms with Crippen molar-refractivity contribution >= 4 is 16.7 Å². The second-order valence-corrected chi connectivity index (χ2v) is 9.14. The third kappa shape index (κ3) is 4.31. The number of pyridine rings is 1. The first-order valence-corrected chi connectivity index (χ1v) is 11.5. The van der Waals surface area contributed by atoms with Gasteiger partial charge in [-0.05, 0) is 63.3 Å². The van der Waals surface area contributed by atoms with Gasteiger partial charge in [-0.25, -0.2) is 13.8 Å². The highest BCUT2D eigenvalue weighted by Crippen LogP contribution is 2.38. The topological polar surface area (TPSA) is 76.3 Å². The molecule has 9 heteroatoms. The van der Waals surface area contributed by atoms with Crippen LogP contribution < -0.4 is 10.2 Å². The molecule has 2 aliphatic rings. The fourth-order valence-corrected chi connectivity index (χ4v) is 4.93. The van der Waals surface area contributed by atoms with E-state index in [-0.39, 0.29) is 24.1 Å². The number of nitrogens with zero attached hydrogens (tertiary/aromatic N) is 4. The van der Waals surface area contributed by atoms with Crippen LogP contribution in [-0.2, 0) is 4.74 Å². The standard InChI is InChI=1S/C24H29F2N5O2/c1-13-10-17-14(2)21(24-27-15(3)30-33-24)23(29-22(17)18(25)11-13)31-7-4-20(19(26)12-31)28-16-5-8-32-9-6-16/h10-11,16,19-20,28H,4-9,12H2,1-3H3/t19-,20+/m0/s1. The van der Waals surface area contributed by atoms with Gasteiger partial charge in [0.25, 0.3) is 5.89 Å². The van der Waals surface area contributed by atoms with Gasteiger partial charge in [0.05, 0.1) is 12.1 Å². The number of benzene rings is 1. The molecule has 33 heavy (non-hydrogen) atoms. The molecule has 0 unspecified atom stereocenters. The Bertz CT molecular complexity index is 1160. The highest BCUT2D eigenvalue weighted by Gasteiger charge is 2.34. The molecule has 2 aliphatic heterocycles. The molecule has 0 spiro atoms. The summed E-state index contributed by atoms with van der Waals surface area (Å²) in [6.07, 6.45) is 1.34. The number of alkyl halides is 1. The zero-order valence-corrected chi connectivity index (χ0v) is 19.2. The minimum Gasteiger partial charge on any atom is -0.381 e. The summed E-state index contributed by atoms with van der Waals surface area (Å²) in [5.41, 5.74) is 2.50. The van der Waals surface area contributed by atoms with E-state index in [1.807, 2.05) is 24.8 Å². The highest BCUT2D eigenvalue weighted by atomic mass is 19.1. The van der Waals surface area contributed by atoms with Crippen LogP contribution in [-0.4, -0.2) is 59.7 Å². The first-order valence-electron chi connectivity index (χ1n) is 11.5. The largest absolute Gasteiger partial charge is 0.381 e. The molecule has 2 fully saturated rings. The number of nitrogens with one attached hydrogen (secondary N) is 1. The van der Waals surface area contributed by atoms with E-state index in [4.69, 9.17) is 9.26 Å². The number of hydrogen-bond acceptors (Lipinski definition) is 7. The molecule has 0 radical (unpaired) electrons. The van der Waals surface area contributed by atoms with Crippen LogP contribution in [0.2, 0.25) is 0 Å². The van der Waals surface area contributed by atoms with Crippen molar-refractivity contribution in [1.82, 2.24) is 20.4 Å². The Hall–Kier alpha value is -2.65. The molecule has 0 amide bonds. The molecule has 2 saturated heterocycles. The summed E-state index contributed by atoms with van der Waals surface area (Å²) < 4.78 is 41.1. The molecule has 0 bridgehead atoms. The quantitative estimate of drug-likeness (QED) is 0.634. The first-order chi connectivity index (χ1) is 15.9. The molecule has 4 heterocycles. The number of rotatable bonds is 4.